The molecule has 0 saturated carbocycles. The number of hydrogen-bond donors (Lipinski definition) is 1. The molecule has 0 fully saturated rings. The van der Waals surface area contributed by atoms with E-state index in [2.05, 4.69) is 16.5 Å². The zero-order valence-electron chi connectivity index (χ0n) is 17.2. The smallest absolute Gasteiger partial charge is 0.224 e. The fraction of sp³-hybridized carbons (Fsp3) is 0.304. The summed E-state index contributed by atoms with van der Waals surface area (Å²) in [7, 11) is 1.65. The molecule has 1 heterocycles. The largest absolute Gasteiger partial charge is 0.497 e. The van der Waals surface area contributed by atoms with Crippen LogP contribution in [0.2, 0.25) is 0 Å². The zero-order valence-corrected chi connectivity index (χ0v) is 17.2. The van der Waals surface area contributed by atoms with E-state index in [1.165, 1.54) is 5.56 Å². The second-order valence-electron chi connectivity index (χ2n) is 7.13. The quantitative estimate of drug-likeness (QED) is 0.678. The van der Waals surface area contributed by atoms with Crippen molar-refractivity contribution in [2.45, 2.75) is 40.5 Å². The Hall–Kier alpha value is -3.08. The van der Waals surface area contributed by atoms with E-state index in [0.717, 1.165) is 39.6 Å². The van der Waals surface area contributed by atoms with Gasteiger partial charge in [-0.25, -0.2) is 4.68 Å². The zero-order chi connectivity index (χ0) is 20.3. The third-order valence-electron chi connectivity index (χ3n) is 5.00. The van der Waals surface area contributed by atoms with Crippen molar-refractivity contribution in [3.63, 3.8) is 0 Å². The lowest BCUT2D eigenvalue weighted by molar-refractivity contribution is -0.116. The Balaban J connectivity index is 1.72. The number of amides is 1. The minimum atomic E-state index is 0.0138. The Labute approximate surface area is 166 Å². The molecule has 0 aliphatic heterocycles. The maximum atomic E-state index is 12.5. The number of benzene rings is 2. The van der Waals surface area contributed by atoms with Crippen LogP contribution in [0.5, 0.6) is 5.75 Å². The highest BCUT2D eigenvalue weighted by molar-refractivity contribution is 5.91. The molecule has 5 nitrogen and oxygen atoms in total. The van der Waals surface area contributed by atoms with Gasteiger partial charge in [-0.2, -0.15) is 5.10 Å². The minimum Gasteiger partial charge on any atom is -0.497 e. The van der Waals surface area contributed by atoms with Gasteiger partial charge in [0.25, 0.3) is 0 Å². The molecular weight excluding hydrogens is 350 g/mol. The number of rotatable bonds is 6. The number of anilines is 1. The lowest BCUT2D eigenvalue weighted by Gasteiger charge is -2.10. The standard InChI is InChI=1S/C23H27N3O2/c1-15-9-11-22(16(2)13-15)24-23(27)12-10-21-17(3)25-26(18(21)4)19-7-6-8-20(14-19)28-5/h6-9,11,13-14H,10,12H2,1-5H3,(H,24,27). The van der Waals surface area contributed by atoms with E-state index in [-0.39, 0.29) is 5.91 Å². The van der Waals surface area contributed by atoms with Gasteiger partial charge in [0.05, 0.1) is 18.5 Å². The molecule has 3 aromatic rings. The van der Waals surface area contributed by atoms with Gasteiger partial charge >= 0.3 is 0 Å². The van der Waals surface area contributed by atoms with Gasteiger partial charge in [0.2, 0.25) is 5.91 Å². The predicted molar refractivity (Wildman–Crippen MR) is 112 cm³/mol. The SMILES string of the molecule is COc1cccc(-n2nc(C)c(CCC(=O)Nc3ccc(C)cc3C)c2C)c1. The van der Waals surface area contributed by atoms with Crippen molar-refractivity contribution < 1.29 is 9.53 Å². The summed E-state index contributed by atoms with van der Waals surface area (Å²) >= 11 is 0. The van der Waals surface area contributed by atoms with Crippen molar-refractivity contribution in [1.29, 1.82) is 0 Å². The maximum Gasteiger partial charge on any atom is 0.224 e. The fourth-order valence-corrected chi connectivity index (χ4v) is 3.44. The highest BCUT2D eigenvalue weighted by atomic mass is 16.5. The van der Waals surface area contributed by atoms with Crippen LogP contribution in [0.15, 0.2) is 42.5 Å². The molecular formula is C23H27N3O2. The van der Waals surface area contributed by atoms with Crippen LogP contribution in [-0.2, 0) is 11.2 Å². The number of nitrogens with one attached hydrogen (secondary N) is 1. The molecule has 1 amide bonds. The summed E-state index contributed by atoms with van der Waals surface area (Å²) < 4.78 is 7.22. The highest BCUT2D eigenvalue weighted by Gasteiger charge is 2.15. The lowest BCUT2D eigenvalue weighted by Crippen LogP contribution is -2.13. The van der Waals surface area contributed by atoms with E-state index in [0.29, 0.717) is 12.8 Å². The topological polar surface area (TPSA) is 56.2 Å². The number of carbonyl (C=O) groups is 1. The summed E-state index contributed by atoms with van der Waals surface area (Å²) in [6.07, 6.45) is 1.07. The van der Waals surface area contributed by atoms with Gasteiger partial charge in [0.15, 0.2) is 0 Å². The van der Waals surface area contributed by atoms with Crippen molar-refractivity contribution in [2.24, 2.45) is 0 Å². The number of aromatic nitrogens is 2. The van der Waals surface area contributed by atoms with Gasteiger partial charge in [0, 0.05) is 23.9 Å². The number of ether oxygens (including phenoxy) is 1. The Morgan fingerprint density at radius 2 is 1.89 bits per heavy atom. The number of carbonyl (C=O) groups excluding carboxylic acids is 1. The molecule has 0 bridgehead atoms. The summed E-state index contributed by atoms with van der Waals surface area (Å²) in [5, 5.41) is 7.69. The number of nitrogens with zero attached hydrogens (tertiary/aromatic N) is 2. The van der Waals surface area contributed by atoms with Crippen molar-refractivity contribution in [3.05, 3.63) is 70.5 Å². The number of aryl methyl sites for hydroxylation is 3. The Morgan fingerprint density at radius 1 is 1.11 bits per heavy atom. The van der Waals surface area contributed by atoms with Gasteiger partial charge < -0.3 is 10.1 Å². The monoisotopic (exact) mass is 377 g/mol. The summed E-state index contributed by atoms with van der Waals surface area (Å²) in [6.45, 7) is 8.08. The van der Waals surface area contributed by atoms with E-state index < -0.39 is 0 Å². The summed E-state index contributed by atoms with van der Waals surface area (Å²) in [4.78, 5) is 12.5. The molecule has 0 unspecified atom stereocenters. The second-order valence-corrected chi connectivity index (χ2v) is 7.13. The Morgan fingerprint density at radius 3 is 2.61 bits per heavy atom. The molecule has 0 spiro atoms. The van der Waals surface area contributed by atoms with Crippen LogP contribution in [0.25, 0.3) is 5.69 Å². The van der Waals surface area contributed by atoms with E-state index in [1.807, 2.05) is 68.8 Å². The third kappa shape index (κ3) is 4.25. The van der Waals surface area contributed by atoms with Gasteiger partial charge in [0.1, 0.15) is 5.75 Å². The molecule has 1 N–H and O–H groups in total. The first-order valence-corrected chi connectivity index (χ1v) is 9.45. The lowest BCUT2D eigenvalue weighted by atomic mass is 10.1. The summed E-state index contributed by atoms with van der Waals surface area (Å²) in [5.41, 5.74) is 7.18. The normalized spacial score (nSPS) is 10.8. The second kappa shape index (κ2) is 8.30. The summed E-state index contributed by atoms with van der Waals surface area (Å²) in [6, 6.07) is 13.8. The van der Waals surface area contributed by atoms with Gasteiger partial charge in [-0.15, -0.1) is 0 Å². The number of methoxy groups -OCH3 is 1. The fourth-order valence-electron chi connectivity index (χ4n) is 3.44. The third-order valence-corrected chi connectivity index (χ3v) is 5.00. The van der Waals surface area contributed by atoms with E-state index >= 15 is 0 Å². The molecule has 0 atom stereocenters. The van der Waals surface area contributed by atoms with Crippen LogP contribution in [0.4, 0.5) is 5.69 Å². The van der Waals surface area contributed by atoms with Gasteiger partial charge in [-0.3, -0.25) is 4.79 Å². The molecule has 0 aliphatic carbocycles. The molecule has 0 aliphatic rings. The number of hydrogen-bond acceptors (Lipinski definition) is 3. The first-order valence-electron chi connectivity index (χ1n) is 9.45. The van der Waals surface area contributed by atoms with Crippen molar-refractivity contribution in [3.8, 4) is 11.4 Å². The Kier molecular flexibility index (Phi) is 5.83. The molecule has 2 aromatic carbocycles. The van der Waals surface area contributed by atoms with E-state index in [1.54, 1.807) is 7.11 Å². The molecule has 28 heavy (non-hydrogen) atoms. The van der Waals surface area contributed by atoms with Crippen molar-refractivity contribution >= 4 is 11.6 Å². The Bertz CT molecular complexity index is 1010. The molecule has 0 radical (unpaired) electrons. The van der Waals surface area contributed by atoms with E-state index in [9.17, 15) is 4.79 Å². The van der Waals surface area contributed by atoms with Crippen LogP contribution < -0.4 is 10.1 Å². The van der Waals surface area contributed by atoms with Crippen LogP contribution in [0, 0.1) is 27.7 Å². The molecule has 0 saturated heterocycles. The van der Waals surface area contributed by atoms with Crippen molar-refractivity contribution in [1.82, 2.24) is 9.78 Å². The summed E-state index contributed by atoms with van der Waals surface area (Å²) in [5.74, 6) is 0.805. The van der Waals surface area contributed by atoms with E-state index in [4.69, 9.17) is 4.74 Å². The van der Waals surface area contributed by atoms with Crippen LogP contribution in [0.3, 0.4) is 0 Å². The first-order chi connectivity index (χ1) is 13.4. The molecule has 146 valence electrons. The molecule has 3 rings (SSSR count). The molecule has 5 heteroatoms. The van der Waals surface area contributed by atoms with Crippen LogP contribution in [0.1, 0.15) is 34.5 Å². The highest BCUT2D eigenvalue weighted by Crippen LogP contribution is 2.23. The molecule has 1 aromatic heterocycles. The average molecular weight is 377 g/mol. The van der Waals surface area contributed by atoms with Gasteiger partial charge in [-0.05, 0) is 63.4 Å². The van der Waals surface area contributed by atoms with Gasteiger partial charge in [-0.1, -0.05) is 23.8 Å². The van der Waals surface area contributed by atoms with Crippen LogP contribution in [-0.4, -0.2) is 22.8 Å². The predicted octanol–water partition coefficient (Wildman–Crippen LogP) is 4.69. The first kappa shape index (κ1) is 19.7. The average Bonchev–Trinajstić information content (AvgIpc) is 2.96. The van der Waals surface area contributed by atoms with Crippen molar-refractivity contribution in [2.75, 3.05) is 12.4 Å². The maximum absolute atomic E-state index is 12.5. The minimum absolute atomic E-state index is 0.0138. The van der Waals surface area contributed by atoms with Crippen LogP contribution >= 0.6 is 0 Å².